The summed E-state index contributed by atoms with van der Waals surface area (Å²) in [5.41, 5.74) is 4.05. The van der Waals surface area contributed by atoms with E-state index in [4.69, 9.17) is 9.57 Å². The predicted molar refractivity (Wildman–Crippen MR) is 79.9 cm³/mol. The van der Waals surface area contributed by atoms with E-state index in [0.29, 0.717) is 6.61 Å². The molecule has 0 amide bonds. The Morgan fingerprint density at radius 3 is 2.76 bits per heavy atom. The van der Waals surface area contributed by atoms with E-state index in [9.17, 15) is 0 Å². The van der Waals surface area contributed by atoms with Crippen molar-refractivity contribution in [1.82, 2.24) is 25.7 Å². The first-order chi connectivity index (χ1) is 10.3. The summed E-state index contributed by atoms with van der Waals surface area (Å²) in [4.78, 5) is 5.41. The molecule has 0 bridgehead atoms. The Bertz CT molecular complexity index is 532. The van der Waals surface area contributed by atoms with Gasteiger partial charge in [0.2, 0.25) is 5.16 Å². The third-order valence-corrected chi connectivity index (χ3v) is 3.83. The van der Waals surface area contributed by atoms with Crippen molar-refractivity contribution >= 4 is 11.8 Å². The Morgan fingerprint density at radius 1 is 1.29 bits per heavy atom. The van der Waals surface area contributed by atoms with E-state index < -0.39 is 0 Å². The number of methoxy groups -OCH3 is 1. The van der Waals surface area contributed by atoms with Gasteiger partial charge >= 0.3 is 0 Å². The van der Waals surface area contributed by atoms with Crippen LogP contribution in [0.2, 0.25) is 0 Å². The molecule has 7 nitrogen and oxygen atoms in total. The van der Waals surface area contributed by atoms with Gasteiger partial charge in [-0.3, -0.25) is 4.84 Å². The van der Waals surface area contributed by atoms with Crippen molar-refractivity contribution in [2.75, 3.05) is 19.4 Å². The van der Waals surface area contributed by atoms with Crippen LogP contribution in [0.5, 0.6) is 5.75 Å². The van der Waals surface area contributed by atoms with Gasteiger partial charge in [-0.15, -0.1) is 5.10 Å². The molecule has 1 aromatic heterocycles. The average molecular weight is 309 g/mol. The number of nitrogens with zero attached hydrogens (tertiary/aromatic N) is 4. The summed E-state index contributed by atoms with van der Waals surface area (Å²) in [6, 6.07) is 7.81. The molecule has 1 N–H and O–H groups in total. The SMILES string of the molecule is COc1ccc(CONCCCSc2nnnn2C)cc1. The Kier molecular flexibility index (Phi) is 6.45. The smallest absolute Gasteiger partial charge is 0.209 e. The first kappa shape index (κ1) is 15.7. The van der Waals surface area contributed by atoms with Gasteiger partial charge in [-0.2, -0.15) is 0 Å². The lowest BCUT2D eigenvalue weighted by atomic mass is 10.2. The minimum Gasteiger partial charge on any atom is -0.497 e. The molecule has 1 aromatic carbocycles. The van der Waals surface area contributed by atoms with Crippen LogP contribution in [0.15, 0.2) is 29.4 Å². The number of hydrogen-bond donors (Lipinski definition) is 1. The molecule has 2 aromatic rings. The second kappa shape index (κ2) is 8.60. The number of benzene rings is 1. The normalized spacial score (nSPS) is 10.8. The highest BCUT2D eigenvalue weighted by atomic mass is 32.2. The van der Waals surface area contributed by atoms with Crippen LogP contribution in [0.25, 0.3) is 0 Å². The lowest BCUT2D eigenvalue weighted by Gasteiger charge is -2.06. The van der Waals surface area contributed by atoms with E-state index >= 15 is 0 Å². The van der Waals surface area contributed by atoms with E-state index in [2.05, 4.69) is 21.0 Å². The van der Waals surface area contributed by atoms with Crippen molar-refractivity contribution in [3.8, 4) is 5.75 Å². The molecule has 1 heterocycles. The van der Waals surface area contributed by atoms with Gasteiger partial charge in [0.05, 0.1) is 13.7 Å². The van der Waals surface area contributed by atoms with E-state index in [0.717, 1.165) is 35.2 Å². The summed E-state index contributed by atoms with van der Waals surface area (Å²) in [7, 11) is 3.49. The van der Waals surface area contributed by atoms with Crippen LogP contribution in [-0.2, 0) is 18.5 Å². The van der Waals surface area contributed by atoms with Crippen molar-refractivity contribution in [3.05, 3.63) is 29.8 Å². The Morgan fingerprint density at radius 2 is 2.10 bits per heavy atom. The average Bonchev–Trinajstić information content (AvgIpc) is 2.92. The Hall–Kier alpha value is -1.64. The van der Waals surface area contributed by atoms with Gasteiger partial charge in [0, 0.05) is 19.3 Å². The number of aryl methyl sites for hydroxylation is 1. The Labute approximate surface area is 128 Å². The number of aromatic nitrogens is 4. The summed E-state index contributed by atoms with van der Waals surface area (Å²) < 4.78 is 6.77. The molecule has 0 spiro atoms. The fraction of sp³-hybridized carbons (Fsp3) is 0.462. The third-order valence-electron chi connectivity index (χ3n) is 2.74. The number of nitrogens with one attached hydrogen (secondary N) is 1. The van der Waals surface area contributed by atoms with Gasteiger partial charge in [-0.1, -0.05) is 23.9 Å². The first-order valence-corrected chi connectivity index (χ1v) is 7.61. The number of hydrogen-bond acceptors (Lipinski definition) is 7. The zero-order valence-corrected chi connectivity index (χ0v) is 13.0. The van der Waals surface area contributed by atoms with E-state index in [1.807, 2.05) is 31.3 Å². The monoisotopic (exact) mass is 309 g/mol. The Balaban J connectivity index is 1.52. The molecule has 0 fully saturated rings. The van der Waals surface area contributed by atoms with Crippen LogP contribution in [0.4, 0.5) is 0 Å². The summed E-state index contributed by atoms with van der Waals surface area (Å²) in [6.45, 7) is 1.32. The summed E-state index contributed by atoms with van der Waals surface area (Å²) in [6.07, 6.45) is 0.972. The minimum absolute atomic E-state index is 0.532. The van der Waals surface area contributed by atoms with Gasteiger partial charge in [0.1, 0.15) is 5.75 Å². The fourth-order valence-electron chi connectivity index (χ4n) is 1.58. The van der Waals surface area contributed by atoms with Crippen molar-refractivity contribution in [2.45, 2.75) is 18.2 Å². The fourth-order valence-corrected chi connectivity index (χ4v) is 2.37. The maximum atomic E-state index is 5.41. The lowest BCUT2D eigenvalue weighted by Crippen LogP contribution is -2.16. The van der Waals surface area contributed by atoms with Gasteiger partial charge < -0.3 is 4.74 Å². The molecule has 0 atom stereocenters. The molecule has 0 radical (unpaired) electrons. The quantitative estimate of drug-likeness (QED) is 0.426. The van der Waals surface area contributed by atoms with Crippen LogP contribution >= 0.6 is 11.8 Å². The third kappa shape index (κ3) is 5.33. The molecule has 0 aliphatic rings. The maximum Gasteiger partial charge on any atom is 0.209 e. The molecule has 8 heteroatoms. The van der Waals surface area contributed by atoms with Gasteiger partial charge in [0.25, 0.3) is 0 Å². The number of rotatable bonds is 9. The molecule has 21 heavy (non-hydrogen) atoms. The summed E-state index contributed by atoms with van der Waals surface area (Å²) in [5, 5.41) is 12.1. The van der Waals surface area contributed by atoms with Crippen molar-refractivity contribution in [2.24, 2.45) is 7.05 Å². The maximum absolute atomic E-state index is 5.41. The molecular weight excluding hydrogens is 290 g/mol. The number of ether oxygens (including phenoxy) is 1. The zero-order chi connectivity index (χ0) is 14.9. The number of thioether (sulfide) groups is 1. The molecule has 0 unspecified atom stereocenters. The van der Waals surface area contributed by atoms with Crippen LogP contribution in [-0.4, -0.2) is 39.6 Å². The molecule has 0 aliphatic heterocycles. The minimum atomic E-state index is 0.532. The topological polar surface area (TPSA) is 74.1 Å². The van der Waals surface area contributed by atoms with Crippen LogP contribution in [0, 0.1) is 0 Å². The highest BCUT2D eigenvalue weighted by Gasteiger charge is 2.01. The standard InChI is InChI=1S/C13H19N5O2S/c1-18-13(15-16-17-18)21-9-3-8-14-20-10-11-4-6-12(19-2)7-5-11/h4-7,14H,3,8-10H2,1-2H3. The molecular formula is C13H19N5O2S. The van der Waals surface area contributed by atoms with Crippen LogP contribution in [0.3, 0.4) is 0 Å². The number of tetrazole rings is 1. The largest absolute Gasteiger partial charge is 0.497 e. The summed E-state index contributed by atoms with van der Waals surface area (Å²) in [5.74, 6) is 1.79. The highest BCUT2D eigenvalue weighted by Crippen LogP contribution is 2.13. The first-order valence-electron chi connectivity index (χ1n) is 6.62. The van der Waals surface area contributed by atoms with Gasteiger partial charge in [-0.25, -0.2) is 10.2 Å². The molecule has 2 rings (SSSR count). The molecule has 0 saturated carbocycles. The molecule has 0 aliphatic carbocycles. The predicted octanol–water partition coefficient (Wildman–Crippen LogP) is 1.42. The molecule has 114 valence electrons. The van der Waals surface area contributed by atoms with Crippen LogP contribution < -0.4 is 10.2 Å². The second-order valence-corrected chi connectivity index (χ2v) is 5.38. The van der Waals surface area contributed by atoms with Gasteiger partial charge in [-0.05, 0) is 34.5 Å². The van der Waals surface area contributed by atoms with Crippen LogP contribution in [0.1, 0.15) is 12.0 Å². The van der Waals surface area contributed by atoms with E-state index in [1.165, 1.54) is 0 Å². The highest BCUT2D eigenvalue weighted by molar-refractivity contribution is 7.99. The van der Waals surface area contributed by atoms with Crippen molar-refractivity contribution in [1.29, 1.82) is 0 Å². The summed E-state index contributed by atoms with van der Waals surface area (Å²) >= 11 is 1.63. The lowest BCUT2D eigenvalue weighted by molar-refractivity contribution is 0.0284. The van der Waals surface area contributed by atoms with E-state index in [1.54, 1.807) is 23.6 Å². The van der Waals surface area contributed by atoms with Gasteiger partial charge in [0.15, 0.2) is 0 Å². The molecule has 0 saturated heterocycles. The second-order valence-electron chi connectivity index (χ2n) is 4.32. The zero-order valence-electron chi connectivity index (χ0n) is 12.2. The van der Waals surface area contributed by atoms with E-state index in [-0.39, 0.29) is 0 Å². The van der Waals surface area contributed by atoms with Crippen molar-refractivity contribution < 1.29 is 9.57 Å². The number of hydroxylamine groups is 1. The van der Waals surface area contributed by atoms with Crippen molar-refractivity contribution in [3.63, 3.8) is 0 Å².